The first-order valence-electron chi connectivity index (χ1n) is 11.0. The highest BCUT2D eigenvalue weighted by atomic mass is 19.1. The Morgan fingerprint density at radius 3 is 2.41 bits per heavy atom. The van der Waals surface area contributed by atoms with Crippen molar-refractivity contribution in [2.75, 3.05) is 19.6 Å². The summed E-state index contributed by atoms with van der Waals surface area (Å²) in [5.74, 6) is 1.66. The summed E-state index contributed by atoms with van der Waals surface area (Å²) in [5, 5.41) is 18.7. The van der Waals surface area contributed by atoms with Crippen LogP contribution in [0.3, 0.4) is 0 Å². The molecule has 0 aromatic heterocycles. The van der Waals surface area contributed by atoms with Gasteiger partial charge in [-0.25, -0.2) is 4.39 Å². The summed E-state index contributed by atoms with van der Waals surface area (Å²) < 4.78 is 13.8. The number of rotatable bonds is 5. The van der Waals surface area contributed by atoms with E-state index in [9.17, 15) is 19.2 Å². The molecule has 0 spiro atoms. The molecule has 0 aromatic carbocycles. The van der Waals surface area contributed by atoms with Crippen LogP contribution in [0.25, 0.3) is 0 Å². The first kappa shape index (κ1) is 21.1. The van der Waals surface area contributed by atoms with E-state index in [-0.39, 0.29) is 11.8 Å². The number of halogens is 1. The predicted octanol–water partition coefficient (Wildman–Crippen LogP) is 2.36. The van der Waals surface area contributed by atoms with Crippen LogP contribution in [0.2, 0.25) is 5.82 Å². The Labute approximate surface area is 163 Å². The standard InChI is InChI=1S/C20H36BFN2O3/c22-19-5-4-14(11-18(19)21(26)27)12-20(25)24-8-6-16(7-9-24)17-3-1-2-15(10-17)13-23/h14-19,26-27H,1-13,23H2. The predicted molar refractivity (Wildman–Crippen MR) is 105 cm³/mol. The van der Waals surface area contributed by atoms with Crippen LogP contribution >= 0.6 is 0 Å². The Kier molecular flexibility index (Phi) is 7.57. The average molecular weight is 382 g/mol. The van der Waals surface area contributed by atoms with Gasteiger partial charge < -0.3 is 20.7 Å². The second-order valence-corrected chi connectivity index (χ2v) is 9.22. The summed E-state index contributed by atoms with van der Waals surface area (Å²) in [7, 11) is -1.62. The quantitative estimate of drug-likeness (QED) is 0.637. The third-order valence-corrected chi connectivity index (χ3v) is 7.48. The third kappa shape index (κ3) is 5.45. The Hall–Kier alpha value is -0.655. The van der Waals surface area contributed by atoms with Crippen molar-refractivity contribution in [3.05, 3.63) is 0 Å². The number of carbonyl (C=O) groups excluding carboxylic acids is 1. The normalized spacial score (nSPS) is 35.9. The largest absolute Gasteiger partial charge is 0.457 e. The molecule has 3 rings (SSSR count). The Morgan fingerprint density at radius 1 is 1.00 bits per heavy atom. The van der Waals surface area contributed by atoms with Gasteiger partial charge in [0.05, 0.1) is 0 Å². The zero-order chi connectivity index (χ0) is 19.4. The highest BCUT2D eigenvalue weighted by molar-refractivity contribution is 6.43. The van der Waals surface area contributed by atoms with Crippen LogP contribution in [-0.2, 0) is 4.79 Å². The third-order valence-electron chi connectivity index (χ3n) is 7.48. The topological polar surface area (TPSA) is 86.8 Å². The second kappa shape index (κ2) is 9.70. The van der Waals surface area contributed by atoms with Gasteiger partial charge in [0.25, 0.3) is 0 Å². The summed E-state index contributed by atoms with van der Waals surface area (Å²) in [6.07, 6.45) is 7.94. The van der Waals surface area contributed by atoms with Crippen LogP contribution in [-0.4, -0.2) is 53.8 Å². The highest BCUT2D eigenvalue weighted by Gasteiger charge is 2.39. The maximum Gasteiger partial charge on any atom is 0.457 e. The van der Waals surface area contributed by atoms with Crippen LogP contribution in [0.4, 0.5) is 4.39 Å². The van der Waals surface area contributed by atoms with Gasteiger partial charge in [-0.1, -0.05) is 12.8 Å². The minimum atomic E-state index is -1.62. The number of nitrogens with zero attached hydrogens (tertiary/aromatic N) is 1. The van der Waals surface area contributed by atoms with E-state index in [1.165, 1.54) is 25.7 Å². The molecule has 1 saturated heterocycles. The Balaban J connectivity index is 1.43. The van der Waals surface area contributed by atoms with Crippen molar-refractivity contribution in [2.45, 2.75) is 76.2 Å². The first-order chi connectivity index (χ1) is 13.0. The van der Waals surface area contributed by atoms with Crippen LogP contribution in [0.5, 0.6) is 0 Å². The molecule has 4 N–H and O–H groups in total. The van der Waals surface area contributed by atoms with Gasteiger partial charge in [-0.2, -0.15) is 0 Å². The minimum absolute atomic E-state index is 0.0673. The molecule has 154 valence electrons. The van der Waals surface area contributed by atoms with E-state index in [2.05, 4.69) is 0 Å². The summed E-state index contributed by atoms with van der Waals surface area (Å²) in [6, 6.07) is 0. The first-order valence-corrected chi connectivity index (χ1v) is 11.0. The molecule has 3 aliphatic rings. The number of alkyl halides is 1. The van der Waals surface area contributed by atoms with Crippen molar-refractivity contribution in [1.82, 2.24) is 4.90 Å². The number of piperidine rings is 1. The molecule has 2 saturated carbocycles. The number of carbonyl (C=O) groups is 1. The van der Waals surface area contributed by atoms with Crippen molar-refractivity contribution in [3.8, 4) is 0 Å². The Morgan fingerprint density at radius 2 is 1.74 bits per heavy atom. The van der Waals surface area contributed by atoms with E-state index in [1.807, 2.05) is 4.90 Å². The minimum Gasteiger partial charge on any atom is -0.427 e. The van der Waals surface area contributed by atoms with Crippen LogP contribution < -0.4 is 5.73 Å². The molecule has 1 amide bonds. The molecule has 0 radical (unpaired) electrons. The lowest BCUT2D eigenvalue weighted by Crippen LogP contribution is -2.42. The van der Waals surface area contributed by atoms with Gasteiger partial charge in [0.1, 0.15) is 6.17 Å². The van der Waals surface area contributed by atoms with Crippen LogP contribution in [0.15, 0.2) is 0 Å². The van der Waals surface area contributed by atoms with E-state index in [1.54, 1.807) is 0 Å². The smallest absolute Gasteiger partial charge is 0.427 e. The van der Waals surface area contributed by atoms with Gasteiger partial charge in [0.15, 0.2) is 0 Å². The summed E-state index contributed by atoms with van der Waals surface area (Å²) in [4.78, 5) is 14.7. The molecular weight excluding hydrogens is 346 g/mol. The highest BCUT2D eigenvalue weighted by Crippen LogP contribution is 2.40. The lowest BCUT2D eigenvalue weighted by Gasteiger charge is -2.40. The van der Waals surface area contributed by atoms with Crippen molar-refractivity contribution < 1.29 is 19.2 Å². The fraction of sp³-hybridized carbons (Fsp3) is 0.950. The molecule has 1 heterocycles. The SMILES string of the molecule is NCC1CCCC(C2CCN(C(=O)CC3CCC(F)C(B(O)O)C3)CC2)C1. The van der Waals surface area contributed by atoms with E-state index in [4.69, 9.17) is 5.73 Å². The average Bonchev–Trinajstić information content (AvgIpc) is 2.69. The zero-order valence-electron chi connectivity index (χ0n) is 16.4. The molecular formula is C20H36BFN2O3. The van der Waals surface area contributed by atoms with Crippen molar-refractivity contribution in [3.63, 3.8) is 0 Å². The lowest BCUT2D eigenvalue weighted by atomic mass is 9.61. The van der Waals surface area contributed by atoms with Crippen LogP contribution in [0, 0.1) is 23.7 Å². The molecule has 5 unspecified atom stereocenters. The van der Waals surface area contributed by atoms with Gasteiger partial charge in [0.2, 0.25) is 5.91 Å². The van der Waals surface area contributed by atoms with Crippen LogP contribution in [0.1, 0.15) is 64.2 Å². The van der Waals surface area contributed by atoms with Crippen molar-refractivity contribution in [2.24, 2.45) is 29.4 Å². The van der Waals surface area contributed by atoms with E-state index in [0.717, 1.165) is 44.3 Å². The summed E-state index contributed by atoms with van der Waals surface area (Å²) in [5.41, 5.74) is 5.87. The number of likely N-dealkylation sites (tertiary alicyclic amines) is 1. The molecule has 1 aliphatic heterocycles. The molecule has 7 heteroatoms. The molecule has 0 aromatic rings. The molecule has 27 heavy (non-hydrogen) atoms. The van der Waals surface area contributed by atoms with Crippen molar-refractivity contribution in [1.29, 1.82) is 0 Å². The number of hydrogen-bond donors (Lipinski definition) is 3. The maximum absolute atomic E-state index is 13.8. The second-order valence-electron chi connectivity index (χ2n) is 9.22. The molecule has 3 fully saturated rings. The van der Waals surface area contributed by atoms with Gasteiger partial charge in [0, 0.05) is 25.3 Å². The fourth-order valence-electron chi connectivity index (χ4n) is 5.72. The summed E-state index contributed by atoms with van der Waals surface area (Å²) in [6.45, 7) is 2.47. The molecule has 2 aliphatic carbocycles. The molecule has 0 bridgehead atoms. The lowest BCUT2D eigenvalue weighted by molar-refractivity contribution is -0.134. The monoisotopic (exact) mass is 382 g/mol. The number of amides is 1. The fourth-order valence-corrected chi connectivity index (χ4v) is 5.72. The molecule has 5 atom stereocenters. The number of nitrogens with two attached hydrogens (primary N) is 1. The van der Waals surface area contributed by atoms with Crippen molar-refractivity contribution >= 4 is 13.0 Å². The summed E-state index contributed by atoms with van der Waals surface area (Å²) >= 11 is 0. The van der Waals surface area contributed by atoms with E-state index < -0.39 is 19.1 Å². The van der Waals surface area contributed by atoms with E-state index in [0.29, 0.717) is 31.6 Å². The van der Waals surface area contributed by atoms with Gasteiger partial charge in [-0.15, -0.1) is 0 Å². The van der Waals surface area contributed by atoms with E-state index >= 15 is 0 Å². The Bertz CT molecular complexity index is 488. The van der Waals surface area contributed by atoms with Gasteiger partial charge in [-0.05, 0) is 75.2 Å². The number of hydrogen-bond acceptors (Lipinski definition) is 4. The zero-order valence-corrected chi connectivity index (χ0v) is 16.4. The molecule has 5 nitrogen and oxygen atoms in total. The van der Waals surface area contributed by atoms with Gasteiger partial charge in [-0.3, -0.25) is 4.79 Å². The maximum atomic E-state index is 13.8. The van der Waals surface area contributed by atoms with Gasteiger partial charge >= 0.3 is 7.12 Å².